The SMILES string of the molecule is O=C(Nc1cccc(Oc2cnccn2)c1)c1ccc(C(=O)c2cc[nH]c2)cc1. The average molecular weight is 384 g/mol. The first-order valence-corrected chi connectivity index (χ1v) is 8.82. The predicted octanol–water partition coefficient (Wildman–Crippen LogP) is 4.08. The summed E-state index contributed by atoms with van der Waals surface area (Å²) in [5, 5.41) is 2.82. The maximum atomic E-state index is 12.5. The number of rotatable bonds is 6. The van der Waals surface area contributed by atoms with Gasteiger partial charge in [-0.05, 0) is 30.3 Å². The van der Waals surface area contributed by atoms with Crippen LogP contribution in [-0.4, -0.2) is 26.6 Å². The zero-order valence-corrected chi connectivity index (χ0v) is 15.2. The summed E-state index contributed by atoms with van der Waals surface area (Å²) in [5.74, 6) is 0.490. The topological polar surface area (TPSA) is 97.0 Å². The largest absolute Gasteiger partial charge is 0.437 e. The van der Waals surface area contributed by atoms with Gasteiger partial charge in [0.2, 0.25) is 5.88 Å². The molecule has 7 heteroatoms. The fourth-order valence-electron chi connectivity index (χ4n) is 2.70. The van der Waals surface area contributed by atoms with E-state index in [9.17, 15) is 9.59 Å². The number of hydrogen-bond acceptors (Lipinski definition) is 5. The minimum absolute atomic E-state index is 0.105. The normalized spacial score (nSPS) is 10.3. The van der Waals surface area contributed by atoms with Crippen LogP contribution in [0.15, 0.2) is 85.6 Å². The summed E-state index contributed by atoms with van der Waals surface area (Å²) in [6.45, 7) is 0. The van der Waals surface area contributed by atoms with Crippen LogP contribution in [0.25, 0.3) is 0 Å². The Kier molecular flexibility index (Phi) is 5.11. The highest BCUT2D eigenvalue weighted by molar-refractivity contribution is 6.10. The highest BCUT2D eigenvalue weighted by Crippen LogP contribution is 2.22. The van der Waals surface area contributed by atoms with Gasteiger partial charge in [0.25, 0.3) is 5.91 Å². The Morgan fingerprint density at radius 1 is 0.931 bits per heavy atom. The maximum Gasteiger partial charge on any atom is 0.255 e. The molecule has 0 aliphatic rings. The van der Waals surface area contributed by atoms with Gasteiger partial charge in [0.15, 0.2) is 5.78 Å². The Hall–Kier alpha value is -4.26. The van der Waals surface area contributed by atoms with Crippen LogP contribution < -0.4 is 10.1 Å². The van der Waals surface area contributed by atoms with Gasteiger partial charge in [0, 0.05) is 53.2 Å². The number of amides is 1. The standard InChI is InChI=1S/C22H16N4O3/c27-21(17-8-9-23-13-17)15-4-6-16(7-5-15)22(28)26-18-2-1-3-19(12-18)29-20-14-24-10-11-25-20/h1-14,23H,(H,26,28). The summed E-state index contributed by atoms with van der Waals surface area (Å²) in [4.78, 5) is 35.7. The molecule has 142 valence electrons. The van der Waals surface area contributed by atoms with Crippen molar-refractivity contribution in [3.8, 4) is 11.6 Å². The van der Waals surface area contributed by atoms with Crippen molar-refractivity contribution in [2.75, 3.05) is 5.32 Å². The van der Waals surface area contributed by atoms with Crippen LogP contribution in [-0.2, 0) is 0 Å². The first kappa shape index (κ1) is 18.1. The van der Waals surface area contributed by atoms with Crippen molar-refractivity contribution in [3.05, 3.63) is 102 Å². The smallest absolute Gasteiger partial charge is 0.255 e. The summed E-state index contributed by atoms with van der Waals surface area (Å²) in [6.07, 6.45) is 7.92. The van der Waals surface area contributed by atoms with Crippen molar-refractivity contribution in [1.82, 2.24) is 15.0 Å². The molecule has 0 atom stereocenters. The van der Waals surface area contributed by atoms with Crippen LogP contribution in [0.5, 0.6) is 11.6 Å². The Bertz CT molecular complexity index is 1120. The molecule has 0 aliphatic heterocycles. The van der Waals surface area contributed by atoms with E-state index in [0.29, 0.717) is 34.0 Å². The molecular formula is C22H16N4O3. The summed E-state index contributed by atoms with van der Waals surface area (Å²) < 4.78 is 5.62. The number of nitrogens with zero attached hydrogens (tertiary/aromatic N) is 2. The van der Waals surface area contributed by atoms with Crippen molar-refractivity contribution in [2.45, 2.75) is 0 Å². The second-order valence-corrected chi connectivity index (χ2v) is 6.13. The zero-order valence-electron chi connectivity index (χ0n) is 15.2. The molecule has 0 spiro atoms. The molecule has 2 aromatic heterocycles. The molecule has 4 aromatic rings. The first-order valence-electron chi connectivity index (χ1n) is 8.82. The number of hydrogen-bond donors (Lipinski definition) is 2. The number of carbonyl (C=O) groups excluding carboxylic acids is 2. The van der Waals surface area contributed by atoms with Gasteiger partial charge in [0.1, 0.15) is 5.75 Å². The number of ether oxygens (including phenoxy) is 1. The molecule has 1 amide bonds. The van der Waals surface area contributed by atoms with Gasteiger partial charge in [-0.1, -0.05) is 18.2 Å². The molecule has 7 nitrogen and oxygen atoms in total. The third-order valence-electron chi connectivity index (χ3n) is 4.12. The van der Waals surface area contributed by atoms with E-state index in [4.69, 9.17) is 4.74 Å². The molecule has 2 N–H and O–H groups in total. The molecular weight excluding hydrogens is 368 g/mol. The molecule has 4 rings (SSSR count). The molecule has 2 aromatic carbocycles. The third-order valence-corrected chi connectivity index (χ3v) is 4.12. The number of nitrogens with one attached hydrogen (secondary N) is 2. The zero-order chi connectivity index (χ0) is 20.1. The summed E-state index contributed by atoms with van der Waals surface area (Å²) in [7, 11) is 0. The monoisotopic (exact) mass is 384 g/mol. The van der Waals surface area contributed by atoms with Gasteiger partial charge in [-0.15, -0.1) is 0 Å². The van der Waals surface area contributed by atoms with Crippen molar-refractivity contribution in [1.29, 1.82) is 0 Å². The third kappa shape index (κ3) is 4.36. The van der Waals surface area contributed by atoms with E-state index in [1.165, 1.54) is 12.4 Å². The van der Waals surface area contributed by atoms with E-state index in [2.05, 4.69) is 20.3 Å². The number of H-pyrrole nitrogens is 1. The van der Waals surface area contributed by atoms with Crippen LogP contribution in [0.3, 0.4) is 0 Å². The van der Waals surface area contributed by atoms with Crippen LogP contribution in [0, 0.1) is 0 Å². The molecule has 0 saturated heterocycles. The lowest BCUT2D eigenvalue weighted by Crippen LogP contribution is -2.12. The van der Waals surface area contributed by atoms with E-state index in [1.54, 1.807) is 73.2 Å². The summed E-state index contributed by atoms with van der Waals surface area (Å²) in [6, 6.07) is 15.2. The summed E-state index contributed by atoms with van der Waals surface area (Å²) >= 11 is 0. The van der Waals surface area contributed by atoms with Crippen molar-refractivity contribution >= 4 is 17.4 Å². The van der Waals surface area contributed by atoms with Gasteiger partial charge in [-0.2, -0.15) is 0 Å². The van der Waals surface area contributed by atoms with Crippen LogP contribution in [0.2, 0.25) is 0 Å². The van der Waals surface area contributed by atoms with E-state index >= 15 is 0 Å². The van der Waals surface area contributed by atoms with Crippen LogP contribution >= 0.6 is 0 Å². The highest BCUT2D eigenvalue weighted by Gasteiger charge is 2.12. The Balaban J connectivity index is 1.44. The van der Waals surface area contributed by atoms with Crippen molar-refractivity contribution in [2.24, 2.45) is 0 Å². The summed E-state index contributed by atoms with van der Waals surface area (Å²) in [5.41, 5.74) is 2.10. The quantitative estimate of drug-likeness (QED) is 0.488. The van der Waals surface area contributed by atoms with Crippen LogP contribution in [0.1, 0.15) is 26.3 Å². The average Bonchev–Trinajstić information content (AvgIpc) is 3.29. The minimum Gasteiger partial charge on any atom is -0.437 e. The van der Waals surface area contributed by atoms with Gasteiger partial charge in [-0.3, -0.25) is 14.6 Å². The van der Waals surface area contributed by atoms with E-state index in [-0.39, 0.29) is 11.7 Å². The lowest BCUT2D eigenvalue weighted by molar-refractivity contribution is 0.102. The molecule has 0 bridgehead atoms. The molecule has 29 heavy (non-hydrogen) atoms. The lowest BCUT2D eigenvalue weighted by atomic mass is 10.0. The lowest BCUT2D eigenvalue weighted by Gasteiger charge is -2.08. The molecule has 0 radical (unpaired) electrons. The minimum atomic E-state index is -0.290. The molecule has 0 saturated carbocycles. The van der Waals surface area contributed by atoms with Gasteiger partial charge >= 0.3 is 0 Å². The van der Waals surface area contributed by atoms with Crippen LogP contribution in [0.4, 0.5) is 5.69 Å². The van der Waals surface area contributed by atoms with E-state index in [1.807, 2.05) is 0 Å². The Morgan fingerprint density at radius 2 is 1.76 bits per heavy atom. The molecule has 0 fully saturated rings. The van der Waals surface area contributed by atoms with E-state index < -0.39 is 0 Å². The number of aromatic nitrogens is 3. The number of anilines is 1. The number of aromatic amines is 1. The number of ketones is 1. The fraction of sp³-hybridized carbons (Fsp3) is 0. The van der Waals surface area contributed by atoms with Crippen molar-refractivity contribution in [3.63, 3.8) is 0 Å². The Morgan fingerprint density at radius 3 is 2.48 bits per heavy atom. The highest BCUT2D eigenvalue weighted by atomic mass is 16.5. The molecule has 0 unspecified atom stereocenters. The predicted molar refractivity (Wildman–Crippen MR) is 107 cm³/mol. The van der Waals surface area contributed by atoms with Crippen molar-refractivity contribution < 1.29 is 14.3 Å². The second-order valence-electron chi connectivity index (χ2n) is 6.13. The maximum absolute atomic E-state index is 12.5. The van der Waals surface area contributed by atoms with E-state index in [0.717, 1.165) is 0 Å². The van der Waals surface area contributed by atoms with Gasteiger partial charge < -0.3 is 15.0 Å². The fourth-order valence-corrected chi connectivity index (χ4v) is 2.70. The number of carbonyl (C=O) groups is 2. The van der Waals surface area contributed by atoms with Gasteiger partial charge in [-0.25, -0.2) is 4.98 Å². The Labute approximate surface area is 166 Å². The second kappa shape index (κ2) is 8.18. The number of benzene rings is 2. The molecule has 0 aliphatic carbocycles. The van der Waals surface area contributed by atoms with Gasteiger partial charge in [0.05, 0.1) is 6.20 Å². The first-order chi connectivity index (χ1) is 14.2. The molecule has 2 heterocycles.